The van der Waals surface area contributed by atoms with Crippen LogP contribution in [-0.4, -0.2) is 6.61 Å². The van der Waals surface area contributed by atoms with Gasteiger partial charge in [-0.1, -0.05) is 24.3 Å². The molecule has 0 fully saturated rings. The fourth-order valence-corrected chi connectivity index (χ4v) is 2.20. The summed E-state index contributed by atoms with van der Waals surface area (Å²) in [5.41, 5.74) is 2.51. The standard InChI is InChI=1S/C17H20FNO/c1-4-20-17-11-6-5-8-14(17)13(3)19-16-10-7-9-15(18)12(16)2/h5-11,13,19H,4H2,1-3H3. The third-order valence-electron chi connectivity index (χ3n) is 3.33. The molecule has 20 heavy (non-hydrogen) atoms. The Hall–Kier alpha value is -2.03. The maximum absolute atomic E-state index is 13.6. The van der Waals surface area contributed by atoms with Crippen LogP contribution in [0.15, 0.2) is 42.5 Å². The van der Waals surface area contributed by atoms with Crippen molar-refractivity contribution in [2.75, 3.05) is 11.9 Å². The zero-order valence-corrected chi connectivity index (χ0v) is 12.1. The molecule has 0 aliphatic carbocycles. The Labute approximate surface area is 119 Å². The van der Waals surface area contributed by atoms with Crippen molar-refractivity contribution in [1.29, 1.82) is 0 Å². The zero-order chi connectivity index (χ0) is 14.5. The molecular formula is C17H20FNO. The molecule has 0 spiro atoms. The van der Waals surface area contributed by atoms with Crippen molar-refractivity contribution in [2.45, 2.75) is 26.8 Å². The Morgan fingerprint density at radius 1 is 1.15 bits per heavy atom. The van der Waals surface area contributed by atoms with E-state index in [9.17, 15) is 4.39 Å². The van der Waals surface area contributed by atoms with Gasteiger partial charge in [-0.2, -0.15) is 0 Å². The van der Waals surface area contributed by atoms with Gasteiger partial charge in [-0.15, -0.1) is 0 Å². The van der Waals surface area contributed by atoms with Crippen molar-refractivity contribution in [3.63, 3.8) is 0 Å². The van der Waals surface area contributed by atoms with Crippen LogP contribution < -0.4 is 10.1 Å². The Bertz CT molecular complexity index is 583. The van der Waals surface area contributed by atoms with Gasteiger partial charge >= 0.3 is 0 Å². The van der Waals surface area contributed by atoms with Crippen LogP contribution in [0.1, 0.15) is 31.0 Å². The molecule has 0 aliphatic heterocycles. The van der Waals surface area contributed by atoms with Gasteiger partial charge < -0.3 is 10.1 Å². The zero-order valence-electron chi connectivity index (χ0n) is 12.1. The Kier molecular flexibility index (Phi) is 4.61. The lowest BCUT2D eigenvalue weighted by Crippen LogP contribution is -2.10. The van der Waals surface area contributed by atoms with Crippen molar-refractivity contribution in [2.24, 2.45) is 0 Å². The van der Waals surface area contributed by atoms with Gasteiger partial charge in [0.1, 0.15) is 11.6 Å². The number of hydrogen-bond donors (Lipinski definition) is 1. The van der Waals surface area contributed by atoms with Gasteiger partial charge in [0.2, 0.25) is 0 Å². The molecule has 0 heterocycles. The smallest absolute Gasteiger partial charge is 0.128 e. The number of halogens is 1. The molecule has 0 saturated heterocycles. The quantitative estimate of drug-likeness (QED) is 0.852. The van der Waals surface area contributed by atoms with E-state index in [0.29, 0.717) is 12.2 Å². The van der Waals surface area contributed by atoms with E-state index in [1.807, 2.05) is 44.2 Å². The van der Waals surface area contributed by atoms with Gasteiger partial charge in [-0.3, -0.25) is 0 Å². The molecule has 1 N–H and O–H groups in total. The predicted octanol–water partition coefficient (Wildman–Crippen LogP) is 4.71. The molecule has 0 bridgehead atoms. The summed E-state index contributed by atoms with van der Waals surface area (Å²) in [4.78, 5) is 0. The van der Waals surface area contributed by atoms with Crippen LogP contribution in [0, 0.1) is 12.7 Å². The SMILES string of the molecule is CCOc1ccccc1C(C)Nc1cccc(F)c1C. The van der Waals surface area contributed by atoms with Gasteiger partial charge in [0, 0.05) is 16.8 Å². The number of hydrogen-bond acceptors (Lipinski definition) is 2. The lowest BCUT2D eigenvalue weighted by atomic mass is 10.1. The number of ether oxygens (including phenoxy) is 1. The Balaban J connectivity index is 2.24. The molecule has 0 saturated carbocycles. The number of nitrogens with one attached hydrogen (secondary N) is 1. The molecule has 2 aromatic rings. The maximum Gasteiger partial charge on any atom is 0.128 e. The summed E-state index contributed by atoms with van der Waals surface area (Å²) in [7, 11) is 0. The first kappa shape index (κ1) is 14.4. The highest BCUT2D eigenvalue weighted by Crippen LogP contribution is 2.29. The van der Waals surface area contributed by atoms with Crippen LogP contribution in [0.3, 0.4) is 0 Å². The number of rotatable bonds is 5. The number of anilines is 1. The van der Waals surface area contributed by atoms with E-state index in [-0.39, 0.29) is 11.9 Å². The third kappa shape index (κ3) is 3.10. The molecule has 2 rings (SSSR count). The van der Waals surface area contributed by atoms with Gasteiger partial charge in [0.15, 0.2) is 0 Å². The monoisotopic (exact) mass is 273 g/mol. The van der Waals surface area contributed by atoms with Gasteiger partial charge in [0.25, 0.3) is 0 Å². The minimum Gasteiger partial charge on any atom is -0.494 e. The van der Waals surface area contributed by atoms with Crippen molar-refractivity contribution in [3.8, 4) is 5.75 Å². The molecule has 2 aromatic carbocycles. The van der Waals surface area contributed by atoms with Crippen LogP contribution >= 0.6 is 0 Å². The number of benzene rings is 2. The molecule has 1 atom stereocenters. The third-order valence-corrected chi connectivity index (χ3v) is 3.33. The fraction of sp³-hybridized carbons (Fsp3) is 0.294. The molecular weight excluding hydrogens is 253 g/mol. The summed E-state index contributed by atoms with van der Waals surface area (Å²) < 4.78 is 19.2. The summed E-state index contributed by atoms with van der Waals surface area (Å²) in [5, 5.41) is 3.35. The van der Waals surface area contributed by atoms with E-state index in [2.05, 4.69) is 5.32 Å². The molecule has 0 aromatic heterocycles. The Morgan fingerprint density at radius 2 is 1.90 bits per heavy atom. The molecule has 0 amide bonds. The molecule has 2 nitrogen and oxygen atoms in total. The molecule has 1 unspecified atom stereocenters. The first-order valence-corrected chi connectivity index (χ1v) is 6.86. The van der Waals surface area contributed by atoms with Crippen LogP contribution in [0.4, 0.5) is 10.1 Å². The van der Waals surface area contributed by atoms with Crippen LogP contribution in [0.5, 0.6) is 5.75 Å². The van der Waals surface area contributed by atoms with Crippen molar-refractivity contribution >= 4 is 5.69 Å². The summed E-state index contributed by atoms with van der Waals surface area (Å²) in [5.74, 6) is 0.671. The second-order valence-corrected chi connectivity index (χ2v) is 4.75. The summed E-state index contributed by atoms with van der Waals surface area (Å²) in [6, 6.07) is 13.0. The highest BCUT2D eigenvalue weighted by Gasteiger charge is 2.12. The van der Waals surface area contributed by atoms with E-state index in [0.717, 1.165) is 17.0 Å². The van der Waals surface area contributed by atoms with E-state index >= 15 is 0 Å². The highest BCUT2D eigenvalue weighted by atomic mass is 19.1. The normalized spacial score (nSPS) is 12.0. The van der Waals surface area contributed by atoms with Crippen LogP contribution in [0.2, 0.25) is 0 Å². The Morgan fingerprint density at radius 3 is 2.65 bits per heavy atom. The molecule has 106 valence electrons. The second kappa shape index (κ2) is 6.42. The van der Waals surface area contributed by atoms with Gasteiger partial charge in [0.05, 0.1) is 12.6 Å². The van der Waals surface area contributed by atoms with Crippen LogP contribution in [-0.2, 0) is 0 Å². The van der Waals surface area contributed by atoms with Crippen molar-refractivity contribution < 1.29 is 9.13 Å². The van der Waals surface area contributed by atoms with E-state index < -0.39 is 0 Å². The first-order valence-electron chi connectivity index (χ1n) is 6.86. The first-order chi connectivity index (χ1) is 9.63. The predicted molar refractivity (Wildman–Crippen MR) is 80.8 cm³/mol. The van der Waals surface area contributed by atoms with E-state index in [4.69, 9.17) is 4.74 Å². The number of para-hydroxylation sites is 1. The fourth-order valence-electron chi connectivity index (χ4n) is 2.20. The minimum atomic E-state index is -0.194. The summed E-state index contributed by atoms with van der Waals surface area (Å²) in [6.45, 7) is 6.41. The van der Waals surface area contributed by atoms with Gasteiger partial charge in [-0.05, 0) is 39.0 Å². The summed E-state index contributed by atoms with van der Waals surface area (Å²) in [6.07, 6.45) is 0. The van der Waals surface area contributed by atoms with E-state index in [1.54, 1.807) is 13.0 Å². The summed E-state index contributed by atoms with van der Waals surface area (Å²) >= 11 is 0. The molecule has 0 aliphatic rings. The highest BCUT2D eigenvalue weighted by molar-refractivity contribution is 5.53. The van der Waals surface area contributed by atoms with E-state index in [1.165, 1.54) is 6.07 Å². The lowest BCUT2D eigenvalue weighted by molar-refractivity contribution is 0.335. The lowest BCUT2D eigenvalue weighted by Gasteiger charge is -2.20. The maximum atomic E-state index is 13.6. The van der Waals surface area contributed by atoms with Crippen LogP contribution in [0.25, 0.3) is 0 Å². The largest absolute Gasteiger partial charge is 0.494 e. The van der Waals surface area contributed by atoms with Crippen molar-refractivity contribution in [1.82, 2.24) is 0 Å². The molecule has 0 radical (unpaired) electrons. The van der Waals surface area contributed by atoms with Gasteiger partial charge in [-0.25, -0.2) is 4.39 Å². The second-order valence-electron chi connectivity index (χ2n) is 4.75. The average molecular weight is 273 g/mol. The topological polar surface area (TPSA) is 21.3 Å². The van der Waals surface area contributed by atoms with Crippen molar-refractivity contribution in [3.05, 3.63) is 59.4 Å². The average Bonchev–Trinajstić information content (AvgIpc) is 2.45. The minimum absolute atomic E-state index is 0.0400. The molecule has 3 heteroatoms.